The Morgan fingerprint density at radius 2 is 1.43 bits per heavy atom. The van der Waals surface area contributed by atoms with E-state index in [1.807, 2.05) is 12.1 Å². The third-order valence-electron chi connectivity index (χ3n) is 3.93. The predicted octanol–water partition coefficient (Wildman–Crippen LogP) is 5.00. The van der Waals surface area contributed by atoms with Crippen molar-refractivity contribution in [2.45, 2.75) is 0 Å². The van der Waals surface area contributed by atoms with Crippen molar-refractivity contribution in [2.24, 2.45) is 0 Å². The highest BCUT2D eigenvalue weighted by molar-refractivity contribution is 6.08. The summed E-state index contributed by atoms with van der Waals surface area (Å²) in [6.07, 6.45) is 0. The number of H-pyrrole nitrogens is 1. The van der Waals surface area contributed by atoms with Crippen molar-refractivity contribution in [1.82, 2.24) is 4.98 Å². The maximum absolute atomic E-state index is 5.22. The number of nitrogens with one attached hydrogen (secondary N) is 1. The lowest BCUT2D eigenvalue weighted by atomic mass is 10.0. The summed E-state index contributed by atoms with van der Waals surface area (Å²) < 4.78 is 5.22. The number of fused-ring (bicyclic) bond motifs is 3. The summed E-state index contributed by atoms with van der Waals surface area (Å²) in [6, 6.07) is 23.1. The lowest BCUT2D eigenvalue weighted by Crippen LogP contribution is -1.82. The zero-order chi connectivity index (χ0) is 14.2. The van der Waals surface area contributed by atoms with Crippen molar-refractivity contribution in [1.29, 1.82) is 0 Å². The molecule has 0 spiro atoms. The Bertz CT molecular complexity index is 919. The van der Waals surface area contributed by atoms with Gasteiger partial charge in [0, 0.05) is 21.8 Å². The molecule has 1 aromatic heterocycles. The molecule has 0 atom stereocenters. The Morgan fingerprint density at radius 1 is 0.714 bits per heavy atom. The summed E-state index contributed by atoms with van der Waals surface area (Å²) in [6.45, 7) is 0. The van der Waals surface area contributed by atoms with Gasteiger partial charge < -0.3 is 9.72 Å². The molecule has 0 unspecified atom stereocenters. The molecule has 0 aliphatic rings. The van der Waals surface area contributed by atoms with Gasteiger partial charge in [-0.25, -0.2) is 0 Å². The predicted molar refractivity (Wildman–Crippen MR) is 87.8 cm³/mol. The number of hydrogen-bond acceptors (Lipinski definition) is 1. The molecule has 4 rings (SSSR count). The van der Waals surface area contributed by atoms with Crippen LogP contribution in [0.3, 0.4) is 0 Å². The van der Waals surface area contributed by atoms with Crippen molar-refractivity contribution >= 4 is 21.8 Å². The van der Waals surface area contributed by atoms with Gasteiger partial charge in [0.25, 0.3) is 0 Å². The summed E-state index contributed by atoms with van der Waals surface area (Å²) in [4.78, 5) is 3.45. The van der Waals surface area contributed by atoms with Gasteiger partial charge >= 0.3 is 0 Å². The summed E-state index contributed by atoms with van der Waals surface area (Å²) >= 11 is 0. The van der Waals surface area contributed by atoms with Crippen LogP contribution in [0.4, 0.5) is 0 Å². The zero-order valence-electron chi connectivity index (χ0n) is 11.8. The van der Waals surface area contributed by atoms with Gasteiger partial charge in [0.2, 0.25) is 0 Å². The highest BCUT2D eigenvalue weighted by atomic mass is 16.5. The number of benzene rings is 3. The third-order valence-corrected chi connectivity index (χ3v) is 3.93. The molecule has 0 amide bonds. The van der Waals surface area contributed by atoms with Crippen LogP contribution in [0, 0.1) is 0 Å². The monoisotopic (exact) mass is 273 g/mol. The van der Waals surface area contributed by atoms with Gasteiger partial charge in [-0.05, 0) is 41.5 Å². The zero-order valence-corrected chi connectivity index (χ0v) is 11.8. The normalized spacial score (nSPS) is 11.1. The molecule has 0 aliphatic heterocycles. The number of hydrogen-bond donors (Lipinski definition) is 1. The van der Waals surface area contributed by atoms with Gasteiger partial charge in [0.15, 0.2) is 0 Å². The third kappa shape index (κ3) is 1.96. The number of ether oxygens (including phenoxy) is 1. The van der Waals surface area contributed by atoms with Crippen LogP contribution in [0.25, 0.3) is 32.9 Å². The van der Waals surface area contributed by atoms with Crippen molar-refractivity contribution in [2.75, 3.05) is 7.11 Å². The molecule has 4 aromatic rings. The average Bonchev–Trinajstić information content (AvgIpc) is 2.93. The Labute approximate surface area is 123 Å². The van der Waals surface area contributed by atoms with Crippen LogP contribution in [-0.4, -0.2) is 12.1 Å². The fraction of sp³-hybridized carbons (Fsp3) is 0.0526. The van der Waals surface area contributed by atoms with Crippen LogP contribution in [0.1, 0.15) is 0 Å². The topological polar surface area (TPSA) is 25.0 Å². The van der Waals surface area contributed by atoms with E-state index in [2.05, 4.69) is 59.6 Å². The van der Waals surface area contributed by atoms with E-state index in [0.717, 1.165) is 5.75 Å². The first-order valence-electron chi connectivity index (χ1n) is 7.00. The van der Waals surface area contributed by atoms with E-state index in [1.165, 1.54) is 32.9 Å². The molecule has 0 aliphatic carbocycles. The fourth-order valence-electron chi connectivity index (χ4n) is 2.81. The van der Waals surface area contributed by atoms with E-state index in [1.54, 1.807) is 7.11 Å². The lowest BCUT2D eigenvalue weighted by Gasteiger charge is -2.04. The Morgan fingerprint density at radius 3 is 2.24 bits per heavy atom. The van der Waals surface area contributed by atoms with Gasteiger partial charge in [0.1, 0.15) is 5.75 Å². The van der Waals surface area contributed by atoms with E-state index < -0.39 is 0 Å². The van der Waals surface area contributed by atoms with Crippen molar-refractivity contribution in [3.8, 4) is 16.9 Å². The largest absolute Gasteiger partial charge is 0.497 e. The van der Waals surface area contributed by atoms with Gasteiger partial charge in [-0.3, -0.25) is 0 Å². The minimum atomic E-state index is 0.881. The highest BCUT2D eigenvalue weighted by Crippen LogP contribution is 2.30. The van der Waals surface area contributed by atoms with Gasteiger partial charge in [-0.15, -0.1) is 0 Å². The van der Waals surface area contributed by atoms with Crippen molar-refractivity contribution in [3.63, 3.8) is 0 Å². The smallest absolute Gasteiger partial charge is 0.118 e. The number of aromatic nitrogens is 1. The molecule has 3 aromatic carbocycles. The van der Waals surface area contributed by atoms with E-state index >= 15 is 0 Å². The number of methoxy groups -OCH3 is 1. The second-order valence-electron chi connectivity index (χ2n) is 5.16. The number of aromatic amines is 1. The minimum absolute atomic E-state index is 0.881. The number of rotatable bonds is 2. The van der Waals surface area contributed by atoms with Crippen LogP contribution in [0.15, 0.2) is 66.7 Å². The molecule has 0 radical (unpaired) electrons. The summed E-state index contributed by atoms with van der Waals surface area (Å²) in [5.74, 6) is 0.881. The SMILES string of the molecule is COc1ccc(-c2ccc3[nH]c4ccccc4c3c2)cc1. The number of para-hydroxylation sites is 1. The standard InChI is InChI=1S/C19H15NO/c1-21-15-9-6-13(7-10-15)14-8-11-19-17(12-14)16-4-2-3-5-18(16)20-19/h2-12,20H,1H3. The molecular formula is C19H15NO. The van der Waals surface area contributed by atoms with Crippen molar-refractivity contribution in [3.05, 3.63) is 66.7 Å². The molecular weight excluding hydrogens is 258 g/mol. The maximum Gasteiger partial charge on any atom is 0.118 e. The molecule has 1 N–H and O–H groups in total. The molecule has 0 saturated heterocycles. The Balaban J connectivity index is 1.90. The summed E-state index contributed by atoms with van der Waals surface area (Å²) in [5, 5.41) is 2.53. The first-order valence-corrected chi connectivity index (χ1v) is 7.00. The first kappa shape index (κ1) is 12.0. The average molecular weight is 273 g/mol. The van der Waals surface area contributed by atoms with Gasteiger partial charge in [0.05, 0.1) is 7.11 Å². The Kier molecular flexibility index (Phi) is 2.68. The highest BCUT2D eigenvalue weighted by Gasteiger charge is 2.05. The summed E-state index contributed by atoms with van der Waals surface area (Å²) in [5.41, 5.74) is 4.77. The minimum Gasteiger partial charge on any atom is -0.497 e. The second-order valence-corrected chi connectivity index (χ2v) is 5.16. The van der Waals surface area contributed by atoms with Crippen LogP contribution < -0.4 is 4.74 Å². The van der Waals surface area contributed by atoms with E-state index in [-0.39, 0.29) is 0 Å². The van der Waals surface area contributed by atoms with Crippen LogP contribution in [-0.2, 0) is 0 Å². The van der Waals surface area contributed by atoms with Gasteiger partial charge in [-0.2, -0.15) is 0 Å². The molecule has 0 saturated carbocycles. The van der Waals surface area contributed by atoms with Crippen LogP contribution in [0.2, 0.25) is 0 Å². The van der Waals surface area contributed by atoms with Crippen LogP contribution in [0.5, 0.6) is 5.75 Å². The molecule has 0 fully saturated rings. The van der Waals surface area contributed by atoms with E-state index in [9.17, 15) is 0 Å². The second kappa shape index (κ2) is 4.67. The first-order chi connectivity index (χ1) is 10.3. The van der Waals surface area contributed by atoms with Gasteiger partial charge in [-0.1, -0.05) is 36.4 Å². The quantitative estimate of drug-likeness (QED) is 0.546. The molecule has 1 heterocycles. The van der Waals surface area contributed by atoms with Crippen LogP contribution >= 0.6 is 0 Å². The molecule has 2 nitrogen and oxygen atoms in total. The molecule has 0 bridgehead atoms. The lowest BCUT2D eigenvalue weighted by molar-refractivity contribution is 0.415. The Hall–Kier alpha value is -2.74. The van der Waals surface area contributed by atoms with Crippen molar-refractivity contribution < 1.29 is 4.74 Å². The fourth-order valence-corrected chi connectivity index (χ4v) is 2.81. The van der Waals surface area contributed by atoms with E-state index in [4.69, 9.17) is 4.74 Å². The van der Waals surface area contributed by atoms with E-state index in [0.29, 0.717) is 0 Å². The molecule has 102 valence electrons. The summed E-state index contributed by atoms with van der Waals surface area (Å²) in [7, 11) is 1.69. The maximum atomic E-state index is 5.22. The molecule has 2 heteroatoms. The molecule has 21 heavy (non-hydrogen) atoms.